The van der Waals surface area contributed by atoms with Gasteiger partial charge in [-0.2, -0.15) is 5.10 Å². The molecule has 0 fully saturated rings. The number of amides is 1. The van der Waals surface area contributed by atoms with Gasteiger partial charge in [-0.25, -0.2) is 5.43 Å². The molecule has 0 saturated carbocycles. The number of halogens is 1. The number of benzene rings is 1. The molecule has 0 atom stereocenters. The molecule has 1 aromatic carbocycles. The molecule has 0 radical (unpaired) electrons. The van der Waals surface area contributed by atoms with E-state index in [0.29, 0.717) is 10.6 Å². The van der Waals surface area contributed by atoms with Crippen LogP contribution in [0.15, 0.2) is 29.4 Å². The molecule has 1 amide bonds. The summed E-state index contributed by atoms with van der Waals surface area (Å²) in [5, 5.41) is 4.61. The fourth-order valence-corrected chi connectivity index (χ4v) is 1.36. The van der Waals surface area contributed by atoms with Crippen LogP contribution in [0, 0.1) is 0 Å². The van der Waals surface area contributed by atoms with E-state index in [0.717, 1.165) is 18.6 Å². The Morgan fingerprint density at radius 2 is 2.00 bits per heavy atom. The van der Waals surface area contributed by atoms with Crippen LogP contribution >= 0.6 is 11.6 Å². The van der Waals surface area contributed by atoms with Gasteiger partial charge in [-0.15, -0.1) is 0 Å². The number of hydrogen-bond acceptors (Lipinski definition) is 2. The molecule has 1 aromatic rings. The largest absolute Gasteiger partial charge is 0.271 e. The minimum Gasteiger partial charge on any atom is -0.267 e. The lowest BCUT2D eigenvalue weighted by Gasteiger charge is -2.01. The van der Waals surface area contributed by atoms with Gasteiger partial charge in [-0.05, 0) is 37.6 Å². The smallest absolute Gasteiger partial charge is 0.267 e. The summed E-state index contributed by atoms with van der Waals surface area (Å²) in [4.78, 5) is 11.6. The average molecular weight is 239 g/mol. The van der Waals surface area contributed by atoms with Crippen molar-refractivity contribution < 1.29 is 4.79 Å². The third-order valence-corrected chi connectivity index (χ3v) is 2.32. The normalized spacial score (nSPS) is 11.3. The number of rotatable bonds is 4. The molecule has 16 heavy (non-hydrogen) atoms. The molecule has 0 heterocycles. The molecule has 0 unspecified atom stereocenters. The summed E-state index contributed by atoms with van der Waals surface area (Å²) in [5.74, 6) is -0.216. The number of nitrogens with zero attached hydrogens (tertiary/aromatic N) is 1. The van der Waals surface area contributed by atoms with Crippen LogP contribution in [0.3, 0.4) is 0 Å². The fraction of sp³-hybridized carbons (Fsp3) is 0.333. The number of hydrazone groups is 1. The zero-order chi connectivity index (χ0) is 12.0. The van der Waals surface area contributed by atoms with Gasteiger partial charge in [0.15, 0.2) is 0 Å². The SMILES string of the molecule is CCC/C(C)=N\NC(=O)c1ccc(Cl)cc1. The molecule has 0 aromatic heterocycles. The third-order valence-electron chi connectivity index (χ3n) is 2.07. The van der Waals surface area contributed by atoms with Crippen LogP contribution in [0.25, 0.3) is 0 Å². The van der Waals surface area contributed by atoms with Crippen molar-refractivity contribution in [2.45, 2.75) is 26.7 Å². The Kier molecular flexibility index (Phi) is 4.99. The van der Waals surface area contributed by atoms with E-state index in [4.69, 9.17) is 11.6 Å². The summed E-state index contributed by atoms with van der Waals surface area (Å²) in [7, 11) is 0. The topological polar surface area (TPSA) is 41.5 Å². The first-order valence-electron chi connectivity index (χ1n) is 5.22. The highest BCUT2D eigenvalue weighted by atomic mass is 35.5. The maximum Gasteiger partial charge on any atom is 0.271 e. The summed E-state index contributed by atoms with van der Waals surface area (Å²) >= 11 is 5.73. The van der Waals surface area contributed by atoms with E-state index in [2.05, 4.69) is 17.5 Å². The Morgan fingerprint density at radius 1 is 1.38 bits per heavy atom. The fourth-order valence-electron chi connectivity index (χ4n) is 1.23. The minimum atomic E-state index is -0.216. The second kappa shape index (κ2) is 6.28. The molecule has 0 aliphatic heterocycles. The monoisotopic (exact) mass is 238 g/mol. The van der Waals surface area contributed by atoms with Crippen LogP contribution in [0.1, 0.15) is 37.0 Å². The molecule has 0 saturated heterocycles. The number of carbonyl (C=O) groups is 1. The van der Waals surface area contributed by atoms with Crippen molar-refractivity contribution in [3.63, 3.8) is 0 Å². The first-order chi connectivity index (χ1) is 7.63. The van der Waals surface area contributed by atoms with Crippen molar-refractivity contribution in [2.24, 2.45) is 5.10 Å². The summed E-state index contributed by atoms with van der Waals surface area (Å²) in [6.45, 7) is 3.96. The first-order valence-corrected chi connectivity index (χ1v) is 5.60. The van der Waals surface area contributed by atoms with E-state index in [1.807, 2.05) is 6.92 Å². The molecule has 0 aliphatic rings. The Morgan fingerprint density at radius 3 is 2.56 bits per heavy atom. The summed E-state index contributed by atoms with van der Waals surface area (Å²) in [6, 6.07) is 6.70. The van der Waals surface area contributed by atoms with Gasteiger partial charge in [-0.1, -0.05) is 24.9 Å². The Bertz CT molecular complexity index is 385. The lowest BCUT2D eigenvalue weighted by atomic mass is 10.2. The second-order valence-corrected chi connectivity index (χ2v) is 3.98. The standard InChI is InChI=1S/C12H15ClN2O/c1-3-4-9(2)14-15-12(16)10-5-7-11(13)8-6-10/h5-8H,3-4H2,1-2H3,(H,15,16)/b14-9-. The summed E-state index contributed by atoms with van der Waals surface area (Å²) in [5.41, 5.74) is 3.98. The Balaban J connectivity index is 2.59. The maximum absolute atomic E-state index is 11.6. The van der Waals surface area contributed by atoms with E-state index in [9.17, 15) is 4.79 Å². The third kappa shape index (κ3) is 4.03. The lowest BCUT2D eigenvalue weighted by molar-refractivity contribution is 0.0954. The van der Waals surface area contributed by atoms with E-state index in [1.165, 1.54) is 0 Å². The van der Waals surface area contributed by atoms with Crippen LogP contribution in [0.4, 0.5) is 0 Å². The molecule has 1 N–H and O–H groups in total. The summed E-state index contributed by atoms with van der Waals surface area (Å²) in [6.07, 6.45) is 1.91. The van der Waals surface area contributed by atoms with Crippen molar-refractivity contribution in [1.82, 2.24) is 5.43 Å². The first kappa shape index (κ1) is 12.7. The van der Waals surface area contributed by atoms with Crippen molar-refractivity contribution in [3.05, 3.63) is 34.9 Å². The number of nitrogens with one attached hydrogen (secondary N) is 1. The molecule has 86 valence electrons. The van der Waals surface area contributed by atoms with Gasteiger partial charge < -0.3 is 0 Å². The van der Waals surface area contributed by atoms with Gasteiger partial charge in [0.1, 0.15) is 0 Å². The highest BCUT2D eigenvalue weighted by Gasteiger charge is 2.03. The van der Waals surface area contributed by atoms with Crippen molar-refractivity contribution in [1.29, 1.82) is 0 Å². The lowest BCUT2D eigenvalue weighted by Crippen LogP contribution is -2.18. The molecule has 1 rings (SSSR count). The predicted octanol–water partition coefficient (Wildman–Crippen LogP) is 3.25. The molecule has 0 bridgehead atoms. The Hall–Kier alpha value is -1.35. The molecular weight excluding hydrogens is 224 g/mol. The maximum atomic E-state index is 11.6. The highest BCUT2D eigenvalue weighted by molar-refractivity contribution is 6.30. The molecule has 0 spiro atoms. The second-order valence-electron chi connectivity index (χ2n) is 3.54. The van der Waals surface area contributed by atoms with Crippen LogP contribution in [0.2, 0.25) is 5.02 Å². The van der Waals surface area contributed by atoms with E-state index in [1.54, 1.807) is 24.3 Å². The van der Waals surface area contributed by atoms with Crippen molar-refractivity contribution in [2.75, 3.05) is 0 Å². The van der Waals surface area contributed by atoms with Crippen molar-refractivity contribution in [3.8, 4) is 0 Å². The highest BCUT2D eigenvalue weighted by Crippen LogP contribution is 2.09. The van der Waals surface area contributed by atoms with Gasteiger partial charge >= 0.3 is 0 Å². The molecule has 4 heteroatoms. The minimum absolute atomic E-state index is 0.216. The van der Waals surface area contributed by atoms with Gasteiger partial charge in [-0.3, -0.25) is 4.79 Å². The van der Waals surface area contributed by atoms with Crippen LogP contribution in [0.5, 0.6) is 0 Å². The number of carbonyl (C=O) groups excluding carboxylic acids is 1. The van der Waals surface area contributed by atoms with Gasteiger partial charge in [0.05, 0.1) is 0 Å². The van der Waals surface area contributed by atoms with E-state index in [-0.39, 0.29) is 5.91 Å². The van der Waals surface area contributed by atoms with Crippen LogP contribution in [-0.4, -0.2) is 11.6 Å². The van der Waals surface area contributed by atoms with Gasteiger partial charge in [0.25, 0.3) is 5.91 Å². The predicted molar refractivity (Wildman–Crippen MR) is 66.9 cm³/mol. The number of hydrogen-bond donors (Lipinski definition) is 1. The van der Waals surface area contributed by atoms with Crippen LogP contribution in [-0.2, 0) is 0 Å². The zero-order valence-electron chi connectivity index (χ0n) is 9.46. The zero-order valence-corrected chi connectivity index (χ0v) is 10.2. The van der Waals surface area contributed by atoms with E-state index >= 15 is 0 Å². The Labute approximate surface area is 101 Å². The van der Waals surface area contributed by atoms with Crippen LogP contribution < -0.4 is 5.43 Å². The van der Waals surface area contributed by atoms with E-state index < -0.39 is 0 Å². The molecule has 3 nitrogen and oxygen atoms in total. The van der Waals surface area contributed by atoms with Crippen molar-refractivity contribution >= 4 is 23.2 Å². The molecular formula is C12H15ClN2O. The van der Waals surface area contributed by atoms with Gasteiger partial charge in [0, 0.05) is 16.3 Å². The summed E-state index contributed by atoms with van der Waals surface area (Å²) < 4.78 is 0. The van der Waals surface area contributed by atoms with Gasteiger partial charge in [0.2, 0.25) is 0 Å². The average Bonchev–Trinajstić information content (AvgIpc) is 2.27. The molecule has 0 aliphatic carbocycles. The quantitative estimate of drug-likeness (QED) is 0.635.